The van der Waals surface area contributed by atoms with Crippen molar-refractivity contribution < 1.29 is 0 Å². The molecule has 0 aliphatic heterocycles. The van der Waals surface area contributed by atoms with Gasteiger partial charge in [0.2, 0.25) is 0 Å². The number of pyridine rings is 1. The summed E-state index contributed by atoms with van der Waals surface area (Å²) in [5.41, 5.74) is 1.41. The first-order valence-corrected chi connectivity index (χ1v) is 5.98. The van der Waals surface area contributed by atoms with Crippen LogP contribution in [-0.2, 0) is 13.1 Å². The molecule has 0 aliphatic rings. The number of aromatic nitrogens is 6. The lowest BCUT2D eigenvalue weighted by Gasteiger charge is -2.04. The molecule has 0 aromatic carbocycles. The van der Waals surface area contributed by atoms with Crippen molar-refractivity contribution in [1.82, 2.24) is 29.5 Å². The van der Waals surface area contributed by atoms with Gasteiger partial charge in [-0.1, -0.05) is 11.3 Å². The number of hydrogen-bond donors (Lipinski definition) is 0. The van der Waals surface area contributed by atoms with Crippen LogP contribution in [-0.4, -0.2) is 29.5 Å². The maximum atomic E-state index is 12.2. The van der Waals surface area contributed by atoms with E-state index >= 15 is 0 Å². The predicted octanol–water partition coefficient (Wildman–Crippen LogP) is 0.451. The molecular formula is C12H12N6O. The molecule has 0 spiro atoms. The molecule has 19 heavy (non-hydrogen) atoms. The van der Waals surface area contributed by atoms with Gasteiger partial charge in [-0.2, -0.15) is 0 Å². The lowest BCUT2D eigenvalue weighted by atomic mass is 10.3. The summed E-state index contributed by atoms with van der Waals surface area (Å²) < 4.78 is 3.08. The first kappa shape index (κ1) is 11.5. The number of nitrogens with zero attached hydrogens (tertiary/aromatic N) is 6. The Morgan fingerprint density at radius 3 is 2.89 bits per heavy atom. The highest BCUT2D eigenvalue weighted by atomic mass is 16.1. The van der Waals surface area contributed by atoms with Crippen LogP contribution in [0, 0.1) is 0 Å². The van der Waals surface area contributed by atoms with Gasteiger partial charge in [-0.15, -0.1) is 5.10 Å². The summed E-state index contributed by atoms with van der Waals surface area (Å²) in [5.74, 6) is 0. The molecule has 0 radical (unpaired) electrons. The Hall–Kier alpha value is -2.57. The molecule has 0 saturated carbocycles. The van der Waals surface area contributed by atoms with Gasteiger partial charge in [-0.25, -0.2) is 9.67 Å². The fourth-order valence-electron chi connectivity index (χ4n) is 1.88. The lowest BCUT2D eigenvalue weighted by molar-refractivity contribution is 0.640. The van der Waals surface area contributed by atoms with Crippen molar-refractivity contribution in [1.29, 1.82) is 0 Å². The molecule has 7 nitrogen and oxygen atoms in total. The van der Waals surface area contributed by atoms with Crippen LogP contribution in [0.15, 0.2) is 35.5 Å². The van der Waals surface area contributed by atoms with E-state index in [0.29, 0.717) is 24.3 Å². The smallest absolute Gasteiger partial charge is 0.283 e. The second-order valence-electron chi connectivity index (χ2n) is 4.08. The van der Waals surface area contributed by atoms with Crippen molar-refractivity contribution >= 4 is 11.2 Å². The highest BCUT2D eigenvalue weighted by Gasteiger charge is 2.11. The topological polar surface area (TPSA) is 78.5 Å². The highest BCUT2D eigenvalue weighted by Crippen LogP contribution is 2.03. The van der Waals surface area contributed by atoms with Crippen molar-refractivity contribution in [2.75, 3.05) is 0 Å². The monoisotopic (exact) mass is 256 g/mol. The molecule has 7 heteroatoms. The van der Waals surface area contributed by atoms with E-state index in [0.717, 1.165) is 5.69 Å². The van der Waals surface area contributed by atoms with E-state index in [9.17, 15) is 4.79 Å². The highest BCUT2D eigenvalue weighted by molar-refractivity contribution is 5.67. The summed E-state index contributed by atoms with van der Waals surface area (Å²) >= 11 is 0. The van der Waals surface area contributed by atoms with Gasteiger partial charge in [0.1, 0.15) is 6.33 Å². The van der Waals surface area contributed by atoms with E-state index in [2.05, 4.69) is 20.3 Å². The standard InChI is InChI=1S/C12H12N6O/c1-2-18-11-10(15-16-18)12(19)17(8-14-11)7-9-5-3-4-6-13-9/h3-6,8H,2,7H2,1H3. The summed E-state index contributed by atoms with van der Waals surface area (Å²) in [6.45, 7) is 2.93. The molecule has 0 aliphatic carbocycles. The summed E-state index contributed by atoms with van der Waals surface area (Å²) in [4.78, 5) is 20.7. The zero-order valence-electron chi connectivity index (χ0n) is 10.4. The predicted molar refractivity (Wildman–Crippen MR) is 68.6 cm³/mol. The average molecular weight is 256 g/mol. The number of fused-ring (bicyclic) bond motifs is 1. The zero-order valence-corrected chi connectivity index (χ0v) is 10.4. The van der Waals surface area contributed by atoms with E-state index in [1.54, 1.807) is 10.9 Å². The Morgan fingerprint density at radius 2 is 2.16 bits per heavy atom. The van der Waals surface area contributed by atoms with Crippen molar-refractivity contribution in [3.05, 3.63) is 46.8 Å². The van der Waals surface area contributed by atoms with Gasteiger partial charge in [-0.05, 0) is 19.1 Å². The minimum absolute atomic E-state index is 0.199. The molecule has 0 bridgehead atoms. The van der Waals surface area contributed by atoms with Crippen LogP contribution in [0.25, 0.3) is 11.2 Å². The van der Waals surface area contributed by atoms with Gasteiger partial charge in [-0.3, -0.25) is 14.3 Å². The van der Waals surface area contributed by atoms with Crippen molar-refractivity contribution in [2.45, 2.75) is 20.0 Å². The van der Waals surface area contributed by atoms with Gasteiger partial charge in [0.05, 0.1) is 12.2 Å². The first-order valence-electron chi connectivity index (χ1n) is 5.98. The van der Waals surface area contributed by atoms with Gasteiger partial charge in [0.15, 0.2) is 11.2 Å². The van der Waals surface area contributed by atoms with Crippen molar-refractivity contribution in [3.8, 4) is 0 Å². The Labute approximate surface area is 108 Å². The molecule has 0 N–H and O–H groups in total. The minimum Gasteiger partial charge on any atom is -0.291 e. The van der Waals surface area contributed by atoms with E-state index in [4.69, 9.17) is 0 Å². The van der Waals surface area contributed by atoms with E-state index < -0.39 is 0 Å². The molecule has 0 atom stereocenters. The van der Waals surface area contributed by atoms with Crippen LogP contribution in [0.4, 0.5) is 0 Å². The summed E-state index contributed by atoms with van der Waals surface area (Å²) in [6.07, 6.45) is 3.20. The molecular weight excluding hydrogens is 244 g/mol. The average Bonchev–Trinajstić information content (AvgIpc) is 2.87. The SMILES string of the molecule is CCn1nnc2c(=O)n(Cc3ccccn3)cnc21. The first-order chi connectivity index (χ1) is 9.29. The fraction of sp³-hybridized carbons (Fsp3) is 0.250. The second-order valence-corrected chi connectivity index (χ2v) is 4.08. The van der Waals surface area contributed by atoms with Crippen LogP contribution in [0.1, 0.15) is 12.6 Å². The maximum Gasteiger partial charge on any atom is 0.283 e. The van der Waals surface area contributed by atoms with Crippen LogP contribution in [0.2, 0.25) is 0 Å². The van der Waals surface area contributed by atoms with Gasteiger partial charge < -0.3 is 0 Å². The molecule has 0 saturated heterocycles. The van der Waals surface area contributed by atoms with Crippen molar-refractivity contribution in [3.63, 3.8) is 0 Å². The summed E-state index contributed by atoms with van der Waals surface area (Å²) in [7, 11) is 0. The van der Waals surface area contributed by atoms with Crippen LogP contribution >= 0.6 is 0 Å². The number of rotatable bonds is 3. The van der Waals surface area contributed by atoms with Crippen LogP contribution in [0.3, 0.4) is 0 Å². The Balaban J connectivity index is 2.06. The van der Waals surface area contributed by atoms with E-state index in [1.165, 1.54) is 10.9 Å². The third-order valence-electron chi connectivity index (χ3n) is 2.85. The van der Waals surface area contributed by atoms with E-state index in [1.807, 2.05) is 25.1 Å². The van der Waals surface area contributed by atoms with Crippen molar-refractivity contribution in [2.24, 2.45) is 0 Å². The van der Waals surface area contributed by atoms with Gasteiger partial charge in [0, 0.05) is 12.7 Å². The third-order valence-corrected chi connectivity index (χ3v) is 2.85. The van der Waals surface area contributed by atoms with Gasteiger partial charge >= 0.3 is 0 Å². The fourth-order valence-corrected chi connectivity index (χ4v) is 1.88. The second kappa shape index (κ2) is 4.60. The molecule has 3 rings (SSSR count). The molecule has 0 amide bonds. The van der Waals surface area contributed by atoms with Crippen LogP contribution < -0.4 is 5.56 Å². The zero-order chi connectivity index (χ0) is 13.2. The number of hydrogen-bond acceptors (Lipinski definition) is 5. The molecule has 96 valence electrons. The Kier molecular flexibility index (Phi) is 2.79. The molecule has 3 aromatic rings. The van der Waals surface area contributed by atoms with Gasteiger partial charge in [0.25, 0.3) is 5.56 Å². The largest absolute Gasteiger partial charge is 0.291 e. The Morgan fingerprint density at radius 1 is 1.26 bits per heavy atom. The molecule has 3 heterocycles. The molecule has 0 unspecified atom stereocenters. The van der Waals surface area contributed by atoms with Crippen LogP contribution in [0.5, 0.6) is 0 Å². The van der Waals surface area contributed by atoms with E-state index in [-0.39, 0.29) is 5.56 Å². The lowest BCUT2D eigenvalue weighted by Crippen LogP contribution is -2.22. The quantitative estimate of drug-likeness (QED) is 0.680. The Bertz CT molecular complexity index is 761. The normalized spacial score (nSPS) is 11.0. The molecule has 3 aromatic heterocycles. The summed E-state index contributed by atoms with van der Waals surface area (Å²) in [5, 5.41) is 7.79. The maximum absolute atomic E-state index is 12.2. The number of aryl methyl sites for hydroxylation is 1. The molecule has 0 fully saturated rings. The summed E-state index contributed by atoms with van der Waals surface area (Å²) in [6, 6.07) is 5.58. The minimum atomic E-state index is -0.199. The third kappa shape index (κ3) is 1.99.